The molecule has 1 fully saturated rings. The maximum Gasteiger partial charge on any atom is 0.308 e. The third-order valence-electron chi connectivity index (χ3n) is 5.00. The molecular weight excluding hydrogens is 380 g/mol. The van der Waals surface area contributed by atoms with Crippen LogP contribution >= 0.6 is 0 Å². The van der Waals surface area contributed by atoms with E-state index in [1.165, 1.54) is 6.92 Å². The maximum absolute atomic E-state index is 12.2. The van der Waals surface area contributed by atoms with Crippen LogP contribution in [0.1, 0.15) is 46.1 Å². The molecule has 0 aliphatic carbocycles. The Morgan fingerprint density at radius 1 is 1.25 bits per heavy atom. The fourth-order valence-electron chi connectivity index (χ4n) is 3.28. The number of nitrogens with zero attached hydrogens (tertiary/aromatic N) is 2. The van der Waals surface area contributed by atoms with E-state index in [-0.39, 0.29) is 30.1 Å². The highest BCUT2D eigenvalue weighted by Crippen LogP contribution is 2.29. The zero-order valence-corrected chi connectivity index (χ0v) is 18.1. The molecule has 0 radical (unpaired) electrons. The molecular formula is C20H32N2O5S. The second kappa shape index (κ2) is 10.1. The average Bonchev–Trinajstić information content (AvgIpc) is 3.16. The first kappa shape index (κ1) is 22.5. The first-order valence-corrected chi connectivity index (χ1v) is 11.5. The van der Waals surface area contributed by atoms with Crippen LogP contribution in [0, 0.1) is 0 Å². The number of benzene rings is 1. The molecule has 1 aliphatic heterocycles. The largest absolute Gasteiger partial charge is 0.382 e. The van der Waals surface area contributed by atoms with Gasteiger partial charge in [-0.1, -0.05) is 6.07 Å². The molecule has 7 nitrogen and oxygen atoms in total. The monoisotopic (exact) mass is 412 g/mol. The first-order chi connectivity index (χ1) is 13.3. The molecule has 0 aromatic heterocycles. The summed E-state index contributed by atoms with van der Waals surface area (Å²) in [5, 5.41) is 0. The van der Waals surface area contributed by atoms with Gasteiger partial charge in [-0.3, -0.25) is 4.79 Å². The maximum atomic E-state index is 12.2. The topological polar surface area (TPSA) is 76.2 Å². The normalized spacial score (nSPS) is 16.8. The highest BCUT2D eigenvalue weighted by Gasteiger charge is 2.23. The number of rotatable bonds is 10. The van der Waals surface area contributed by atoms with Gasteiger partial charge in [-0.25, -0.2) is 0 Å². The van der Waals surface area contributed by atoms with Crippen molar-refractivity contribution in [1.82, 2.24) is 4.90 Å². The molecule has 158 valence electrons. The van der Waals surface area contributed by atoms with Crippen LogP contribution in [0.3, 0.4) is 0 Å². The molecule has 1 amide bonds. The van der Waals surface area contributed by atoms with Crippen molar-refractivity contribution in [3.05, 3.63) is 23.8 Å². The van der Waals surface area contributed by atoms with E-state index >= 15 is 0 Å². The highest BCUT2D eigenvalue weighted by molar-refractivity contribution is 7.87. The van der Waals surface area contributed by atoms with Crippen LogP contribution in [0.5, 0.6) is 5.75 Å². The lowest BCUT2D eigenvalue weighted by Crippen LogP contribution is -2.35. The Bertz CT molecular complexity index is 756. The lowest BCUT2D eigenvalue weighted by atomic mass is 10.1. The minimum atomic E-state index is -3.68. The van der Waals surface area contributed by atoms with E-state index in [2.05, 4.69) is 4.90 Å². The molecule has 2 rings (SSSR count). The summed E-state index contributed by atoms with van der Waals surface area (Å²) >= 11 is 0. The van der Waals surface area contributed by atoms with Gasteiger partial charge in [0, 0.05) is 57.0 Å². The van der Waals surface area contributed by atoms with Crippen molar-refractivity contribution < 1.29 is 22.1 Å². The van der Waals surface area contributed by atoms with Crippen molar-refractivity contribution in [2.24, 2.45) is 0 Å². The van der Waals surface area contributed by atoms with Crippen LogP contribution in [0.2, 0.25) is 0 Å². The predicted octanol–water partition coefficient (Wildman–Crippen LogP) is 2.79. The van der Waals surface area contributed by atoms with E-state index in [0.717, 1.165) is 38.2 Å². The van der Waals surface area contributed by atoms with Crippen LogP contribution in [0.4, 0.5) is 5.69 Å². The smallest absolute Gasteiger partial charge is 0.308 e. The third kappa shape index (κ3) is 6.10. The van der Waals surface area contributed by atoms with Crippen LogP contribution in [0.25, 0.3) is 0 Å². The van der Waals surface area contributed by atoms with Crippen molar-refractivity contribution in [2.45, 2.75) is 53.2 Å². The molecule has 8 heteroatoms. The minimum Gasteiger partial charge on any atom is -0.382 e. The summed E-state index contributed by atoms with van der Waals surface area (Å²) in [7, 11) is -3.68. The highest BCUT2D eigenvalue weighted by atomic mass is 32.2. The number of carbonyl (C=O) groups excluding carboxylic acids is 1. The van der Waals surface area contributed by atoms with Gasteiger partial charge in [0.05, 0.1) is 11.9 Å². The Balaban J connectivity index is 2.32. The summed E-state index contributed by atoms with van der Waals surface area (Å²) < 4.78 is 35.2. The summed E-state index contributed by atoms with van der Waals surface area (Å²) in [6.45, 7) is 10.2. The number of carbonyl (C=O) groups is 1. The van der Waals surface area contributed by atoms with Gasteiger partial charge in [0.15, 0.2) is 0 Å². The fourth-order valence-corrected chi connectivity index (χ4v) is 3.82. The standard InChI is InChI=1S/C20H32N2O5S/c1-5-21(6-2)18-11-10-17(20(13-18)27-28(24,25)7-3)14-22(16(4)23)15-19-9-8-12-26-19/h10-11,13,19H,5-9,12,14-15H2,1-4H3/t19-/m1/s1. The molecule has 1 aliphatic rings. The van der Waals surface area contributed by atoms with Gasteiger partial charge < -0.3 is 18.7 Å². The Morgan fingerprint density at radius 3 is 2.50 bits per heavy atom. The molecule has 0 spiro atoms. The Hall–Kier alpha value is -1.80. The van der Waals surface area contributed by atoms with E-state index in [4.69, 9.17) is 8.92 Å². The molecule has 1 aromatic rings. The van der Waals surface area contributed by atoms with Gasteiger partial charge in [0.2, 0.25) is 5.91 Å². The first-order valence-electron chi connectivity index (χ1n) is 9.96. The van der Waals surface area contributed by atoms with Crippen molar-refractivity contribution in [2.75, 3.05) is 36.9 Å². The second-order valence-corrected chi connectivity index (χ2v) is 8.79. The zero-order valence-electron chi connectivity index (χ0n) is 17.3. The van der Waals surface area contributed by atoms with Crippen molar-refractivity contribution >= 4 is 21.7 Å². The van der Waals surface area contributed by atoms with Gasteiger partial charge >= 0.3 is 10.1 Å². The number of hydrogen-bond acceptors (Lipinski definition) is 6. The van der Waals surface area contributed by atoms with E-state index in [1.54, 1.807) is 17.9 Å². The predicted molar refractivity (Wildman–Crippen MR) is 110 cm³/mol. The van der Waals surface area contributed by atoms with Crippen LogP contribution in [0.15, 0.2) is 18.2 Å². The zero-order chi connectivity index (χ0) is 20.7. The van der Waals surface area contributed by atoms with E-state index in [0.29, 0.717) is 12.1 Å². The van der Waals surface area contributed by atoms with E-state index in [9.17, 15) is 13.2 Å². The lowest BCUT2D eigenvalue weighted by molar-refractivity contribution is -0.131. The summed E-state index contributed by atoms with van der Waals surface area (Å²) in [6.07, 6.45) is 1.96. The van der Waals surface area contributed by atoms with Gasteiger partial charge in [-0.2, -0.15) is 8.42 Å². The molecule has 1 saturated heterocycles. The molecule has 1 atom stereocenters. The second-order valence-electron chi connectivity index (χ2n) is 6.93. The lowest BCUT2D eigenvalue weighted by Gasteiger charge is -2.26. The molecule has 0 N–H and O–H groups in total. The Morgan fingerprint density at radius 2 is 1.96 bits per heavy atom. The number of hydrogen-bond donors (Lipinski definition) is 0. The van der Waals surface area contributed by atoms with E-state index < -0.39 is 10.1 Å². The molecule has 1 heterocycles. The van der Waals surface area contributed by atoms with Gasteiger partial charge in [-0.05, 0) is 39.7 Å². The SMILES string of the molecule is CCN(CC)c1ccc(CN(C[C@H]2CCCO2)C(C)=O)c(OS(=O)(=O)CC)c1. The van der Waals surface area contributed by atoms with Crippen molar-refractivity contribution in [1.29, 1.82) is 0 Å². The van der Waals surface area contributed by atoms with Crippen LogP contribution in [-0.2, 0) is 26.2 Å². The van der Waals surface area contributed by atoms with Crippen LogP contribution in [-0.4, -0.2) is 57.3 Å². The Labute approximate surface area is 168 Å². The summed E-state index contributed by atoms with van der Waals surface area (Å²) in [4.78, 5) is 16.0. The molecule has 28 heavy (non-hydrogen) atoms. The van der Waals surface area contributed by atoms with E-state index in [1.807, 2.05) is 26.0 Å². The molecule has 1 aromatic carbocycles. The average molecular weight is 413 g/mol. The molecule has 0 unspecified atom stereocenters. The van der Waals surface area contributed by atoms with Gasteiger partial charge in [0.25, 0.3) is 0 Å². The number of ether oxygens (including phenoxy) is 1. The minimum absolute atomic E-state index is 0.0302. The summed E-state index contributed by atoms with van der Waals surface area (Å²) in [5.41, 5.74) is 1.56. The summed E-state index contributed by atoms with van der Waals surface area (Å²) in [5.74, 6) is 0.0892. The van der Waals surface area contributed by atoms with Gasteiger partial charge in [0.1, 0.15) is 5.75 Å². The Kier molecular flexibility index (Phi) is 8.12. The van der Waals surface area contributed by atoms with Gasteiger partial charge in [-0.15, -0.1) is 0 Å². The van der Waals surface area contributed by atoms with Crippen molar-refractivity contribution in [3.63, 3.8) is 0 Å². The number of amides is 1. The molecule has 0 bridgehead atoms. The summed E-state index contributed by atoms with van der Waals surface area (Å²) in [6, 6.07) is 5.54. The van der Waals surface area contributed by atoms with Crippen LogP contribution < -0.4 is 9.08 Å². The molecule has 0 saturated carbocycles. The number of anilines is 1. The fraction of sp³-hybridized carbons (Fsp3) is 0.650. The quantitative estimate of drug-likeness (QED) is 0.550. The van der Waals surface area contributed by atoms with Crippen molar-refractivity contribution in [3.8, 4) is 5.75 Å². The third-order valence-corrected chi connectivity index (χ3v) is 6.14.